The largest absolute Gasteiger partial charge is 0.316 e. The molecular formula is C14H15BrN2O2. The van der Waals surface area contributed by atoms with E-state index in [1.807, 2.05) is 18.2 Å². The zero-order valence-electron chi connectivity index (χ0n) is 10.4. The highest BCUT2D eigenvalue weighted by molar-refractivity contribution is 9.09. The average Bonchev–Trinajstić information content (AvgIpc) is 2.34. The fourth-order valence-corrected chi connectivity index (χ4v) is 3.30. The van der Waals surface area contributed by atoms with E-state index in [1.54, 1.807) is 0 Å². The molecule has 1 aromatic carbocycles. The van der Waals surface area contributed by atoms with Gasteiger partial charge in [0, 0.05) is 4.83 Å². The van der Waals surface area contributed by atoms with Gasteiger partial charge in [0.05, 0.1) is 11.0 Å². The minimum Gasteiger partial charge on any atom is -0.316 e. The van der Waals surface area contributed by atoms with Crippen molar-refractivity contribution >= 4 is 27.0 Å². The molecule has 1 fully saturated rings. The number of aromatic amines is 2. The summed E-state index contributed by atoms with van der Waals surface area (Å²) in [5.41, 5.74) is 1.28. The van der Waals surface area contributed by atoms with Gasteiger partial charge in [0.15, 0.2) is 0 Å². The number of hydrogen-bond acceptors (Lipinski definition) is 2. The summed E-state index contributed by atoms with van der Waals surface area (Å²) in [6, 6.07) is 5.77. The third kappa shape index (κ3) is 2.52. The molecule has 0 saturated heterocycles. The molecule has 0 radical (unpaired) electrons. The first kappa shape index (κ1) is 12.7. The second-order valence-corrected chi connectivity index (χ2v) is 6.32. The summed E-state index contributed by atoms with van der Waals surface area (Å²) in [5.74, 6) is 0.815. The lowest BCUT2D eigenvalue weighted by atomic mass is 9.81. The normalized spacial score (nSPS) is 17.3. The Bertz CT molecular complexity index is 715. The average molecular weight is 323 g/mol. The lowest BCUT2D eigenvalue weighted by molar-refractivity contribution is 0.295. The Morgan fingerprint density at radius 3 is 2.47 bits per heavy atom. The first-order valence-electron chi connectivity index (χ1n) is 6.54. The molecule has 0 amide bonds. The van der Waals surface area contributed by atoms with Crippen LogP contribution in [-0.4, -0.2) is 9.97 Å². The van der Waals surface area contributed by atoms with Gasteiger partial charge in [-0.25, -0.2) is 0 Å². The third-order valence-corrected chi connectivity index (χ3v) is 4.78. The molecule has 1 heterocycles. The minimum absolute atomic E-state index is 0.303. The highest BCUT2D eigenvalue weighted by Gasteiger charge is 2.21. The van der Waals surface area contributed by atoms with E-state index in [4.69, 9.17) is 0 Å². The zero-order chi connectivity index (χ0) is 13.4. The van der Waals surface area contributed by atoms with Crippen molar-refractivity contribution in [2.45, 2.75) is 30.5 Å². The Labute approximate surface area is 118 Å². The molecule has 1 saturated carbocycles. The number of benzene rings is 1. The molecule has 1 aliphatic carbocycles. The molecule has 100 valence electrons. The maximum Gasteiger partial charge on any atom is 0.314 e. The van der Waals surface area contributed by atoms with Crippen LogP contribution in [-0.2, 0) is 0 Å². The van der Waals surface area contributed by atoms with Gasteiger partial charge in [0.2, 0.25) is 0 Å². The smallest absolute Gasteiger partial charge is 0.314 e. The summed E-state index contributed by atoms with van der Waals surface area (Å²) in [5, 5.41) is 0. The Balaban J connectivity index is 1.93. The molecule has 1 aromatic heterocycles. The van der Waals surface area contributed by atoms with Gasteiger partial charge in [-0.1, -0.05) is 41.3 Å². The number of nitrogens with one attached hydrogen (secondary N) is 2. The highest BCUT2D eigenvalue weighted by Crippen LogP contribution is 2.38. The number of alkyl halides is 1. The van der Waals surface area contributed by atoms with Crippen LogP contribution >= 0.6 is 15.9 Å². The van der Waals surface area contributed by atoms with Crippen LogP contribution in [0.1, 0.15) is 36.1 Å². The van der Waals surface area contributed by atoms with Crippen LogP contribution in [0.3, 0.4) is 0 Å². The lowest BCUT2D eigenvalue weighted by Crippen LogP contribution is -2.28. The maximum atomic E-state index is 11.3. The van der Waals surface area contributed by atoms with E-state index >= 15 is 0 Å². The molecule has 1 aliphatic rings. The second kappa shape index (κ2) is 4.96. The number of rotatable bonds is 3. The van der Waals surface area contributed by atoms with Crippen LogP contribution in [0.4, 0.5) is 0 Å². The SMILES string of the molecule is O=c1[nH]c2ccc(C(Br)CC3CCC3)cc2[nH]c1=O. The molecule has 2 N–H and O–H groups in total. The first-order chi connectivity index (χ1) is 9.13. The van der Waals surface area contributed by atoms with E-state index in [0.29, 0.717) is 15.9 Å². The van der Waals surface area contributed by atoms with Crippen molar-refractivity contribution in [3.8, 4) is 0 Å². The number of halogens is 1. The molecule has 4 nitrogen and oxygen atoms in total. The minimum atomic E-state index is -0.606. The van der Waals surface area contributed by atoms with Crippen molar-refractivity contribution < 1.29 is 0 Å². The first-order valence-corrected chi connectivity index (χ1v) is 7.45. The van der Waals surface area contributed by atoms with Gasteiger partial charge >= 0.3 is 11.1 Å². The van der Waals surface area contributed by atoms with Crippen LogP contribution in [0.15, 0.2) is 27.8 Å². The molecular weight excluding hydrogens is 308 g/mol. The lowest BCUT2D eigenvalue weighted by Gasteiger charge is -2.27. The summed E-state index contributed by atoms with van der Waals surface area (Å²) in [4.78, 5) is 28.1. The second-order valence-electron chi connectivity index (χ2n) is 5.21. The van der Waals surface area contributed by atoms with Crippen molar-refractivity contribution in [2.75, 3.05) is 0 Å². The van der Waals surface area contributed by atoms with Crippen molar-refractivity contribution in [1.29, 1.82) is 0 Å². The number of H-pyrrole nitrogens is 2. The van der Waals surface area contributed by atoms with Crippen LogP contribution in [0.2, 0.25) is 0 Å². The van der Waals surface area contributed by atoms with Gasteiger partial charge < -0.3 is 9.97 Å². The Morgan fingerprint density at radius 2 is 1.84 bits per heavy atom. The molecule has 1 atom stereocenters. The molecule has 0 spiro atoms. The van der Waals surface area contributed by atoms with Gasteiger partial charge in [-0.05, 0) is 30.0 Å². The predicted molar refractivity (Wildman–Crippen MR) is 78.8 cm³/mol. The van der Waals surface area contributed by atoms with Crippen molar-refractivity contribution in [2.24, 2.45) is 5.92 Å². The van der Waals surface area contributed by atoms with Crippen LogP contribution in [0.5, 0.6) is 0 Å². The summed E-state index contributed by atoms with van der Waals surface area (Å²) in [7, 11) is 0. The van der Waals surface area contributed by atoms with Gasteiger partial charge in [-0.15, -0.1) is 0 Å². The van der Waals surface area contributed by atoms with E-state index < -0.39 is 11.1 Å². The summed E-state index contributed by atoms with van der Waals surface area (Å²) < 4.78 is 0. The third-order valence-electron chi connectivity index (χ3n) is 3.87. The summed E-state index contributed by atoms with van der Waals surface area (Å²) in [6.45, 7) is 0. The standard InChI is InChI=1S/C14H15BrN2O2/c15-10(6-8-2-1-3-8)9-4-5-11-12(7-9)17-14(19)13(18)16-11/h4-5,7-8,10H,1-3,6H2,(H,16,18)(H,17,19). The molecule has 0 bridgehead atoms. The van der Waals surface area contributed by atoms with E-state index in [-0.39, 0.29) is 0 Å². The zero-order valence-corrected chi connectivity index (χ0v) is 12.0. The van der Waals surface area contributed by atoms with Crippen molar-refractivity contribution in [3.05, 3.63) is 44.5 Å². The summed E-state index contributed by atoms with van der Waals surface area (Å²) >= 11 is 3.72. The Kier molecular flexibility index (Phi) is 3.31. The number of hydrogen-bond donors (Lipinski definition) is 2. The van der Waals surface area contributed by atoms with Crippen molar-refractivity contribution in [3.63, 3.8) is 0 Å². The van der Waals surface area contributed by atoms with Crippen LogP contribution in [0.25, 0.3) is 11.0 Å². The monoisotopic (exact) mass is 322 g/mol. The molecule has 0 aliphatic heterocycles. The quantitative estimate of drug-likeness (QED) is 0.674. The van der Waals surface area contributed by atoms with Crippen LogP contribution < -0.4 is 11.1 Å². The van der Waals surface area contributed by atoms with Crippen molar-refractivity contribution in [1.82, 2.24) is 9.97 Å². The molecule has 1 unspecified atom stereocenters. The number of fused-ring (bicyclic) bond motifs is 1. The molecule has 19 heavy (non-hydrogen) atoms. The predicted octanol–water partition coefficient (Wildman–Crippen LogP) is 2.84. The van der Waals surface area contributed by atoms with E-state index in [2.05, 4.69) is 25.9 Å². The Hall–Kier alpha value is -1.36. The topological polar surface area (TPSA) is 65.7 Å². The summed E-state index contributed by atoms with van der Waals surface area (Å²) in [6.07, 6.45) is 5.11. The molecule has 3 rings (SSSR count). The van der Waals surface area contributed by atoms with Gasteiger partial charge in [0.1, 0.15) is 0 Å². The molecule has 2 aromatic rings. The van der Waals surface area contributed by atoms with Gasteiger partial charge in [0.25, 0.3) is 0 Å². The maximum absolute atomic E-state index is 11.3. The van der Waals surface area contributed by atoms with Crippen LogP contribution in [0, 0.1) is 5.92 Å². The fraction of sp³-hybridized carbons (Fsp3) is 0.429. The fourth-order valence-electron chi connectivity index (χ4n) is 2.48. The Morgan fingerprint density at radius 1 is 1.16 bits per heavy atom. The van der Waals surface area contributed by atoms with E-state index in [1.165, 1.54) is 19.3 Å². The molecule has 5 heteroatoms. The van der Waals surface area contributed by atoms with Gasteiger partial charge in [-0.2, -0.15) is 0 Å². The van der Waals surface area contributed by atoms with Gasteiger partial charge in [-0.3, -0.25) is 9.59 Å². The number of aromatic nitrogens is 2. The highest BCUT2D eigenvalue weighted by atomic mass is 79.9. The van der Waals surface area contributed by atoms with E-state index in [0.717, 1.165) is 17.9 Å². The van der Waals surface area contributed by atoms with E-state index in [9.17, 15) is 9.59 Å².